The van der Waals surface area contributed by atoms with Crippen LogP contribution in [0.4, 0.5) is 0 Å². The molecule has 1 aromatic rings. The summed E-state index contributed by atoms with van der Waals surface area (Å²) in [4.78, 5) is 0. The highest BCUT2D eigenvalue weighted by atomic mass is 35.5. The molecule has 3 heteroatoms. The van der Waals surface area contributed by atoms with Crippen molar-refractivity contribution in [2.45, 2.75) is 52.2 Å². The van der Waals surface area contributed by atoms with Gasteiger partial charge >= 0.3 is 0 Å². The van der Waals surface area contributed by atoms with Crippen LogP contribution in [0.15, 0.2) is 18.2 Å². The quantitative estimate of drug-likeness (QED) is 0.801. The molecule has 18 heavy (non-hydrogen) atoms. The summed E-state index contributed by atoms with van der Waals surface area (Å²) in [5, 5.41) is 4.03. The van der Waals surface area contributed by atoms with Crippen LogP contribution in [0.3, 0.4) is 0 Å². The fourth-order valence-electron chi connectivity index (χ4n) is 2.14. The van der Waals surface area contributed by atoms with Gasteiger partial charge in [0.15, 0.2) is 0 Å². The van der Waals surface area contributed by atoms with E-state index in [1.54, 1.807) is 0 Å². The van der Waals surface area contributed by atoms with E-state index in [0.29, 0.717) is 11.1 Å². The van der Waals surface area contributed by atoms with E-state index in [4.69, 9.17) is 16.3 Å². The maximum absolute atomic E-state index is 6.21. The topological polar surface area (TPSA) is 21.3 Å². The predicted molar refractivity (Wildman–Crippen MR) is 78.7 cm³/mol. The van der Waals surface area contributed by atoms with E-state index in [-0.39, 0.29) is 6.10 Å². The van der Waals surface area contributed by atoms with Crippen molar-refractivity contribution in [1.82, 2.24) is 5.32 Å². The van der Waals surface area contributed by atoms with Crippen LogP contribution in [-0.2, 0) is 0 Å². The first-order valence-electron chi connectivity index (χ1n) is 6.72. The summed E-state index contributed by atoms with van der Waals surface area (Å²) in [7, 11) is 1.99. The first-order valence-corrected chi connectivity index (χ1v) is 7.10. The first kappa shape index (κ1) is 15.3. The van der Waals surface area contributed by atoms with Crippen molar-refractivity contribution in [2.75, 3.05) is 7.05 Å². The average molecular weight is 270 g/mol. The molecule has 0 aromatic heterocycles. The Balaban J connectivity index is 2.78. The van der Waals surface area contributed by atoms with Crippen LogP contribution in [0.1, 0.15) is 38.7 Å². The number of nitrogens with one attached hydrogen (secondary N) is 1. The molecule has 0 amide bonds. The summed E-state index contributed by atoms with van der Waals surface area (Å²) in [5.74, 6) is 0.783. The molecule has 0 bridgehead atoms. The van der Waals surface area contributed by atoms with E-state index in [1.165, 1.54) is 0 Å². The van der Waals surface area contributed by atoms with Crippen LogP contribution in [-0.4, -0.2) is 19.2 Å². The zero-order chi connectivity index (χ0) is 13.5. The highest BCUT2D eigenvalue weighted by molar-refractivity contribution is 6.32. The highest BCUT2D eigenvalue weighted by Gasteiger charge is 2.20. The normalized spacial score (nSPS) is 14.3. The summed E-state index contributed by atoms with van der Waals surface area (Å²) in [5.41, 5.74) is 1.15. The molecule has 1 aromatic carbocycles. The second-order valence-electron chi connectivity index (χ2n) is 4.68. The molecule has 0 radical (unpaired) electrons. The molecule has 0 spiro atoms. The van der Waals surface area contributed by atoms with Crippen LogP contribution >= 0.6 is 11.6 Å². The van der Waals surface area contributed by atoms with Gasteiger partial charge in [0.1, 0.15) is 11.9 Å². The summed E-state index contributed by atoms with van der Waals surface area (Å²) in [6.07, 6.45) is 3.39. The smallest absolute Gasteiger partial charge is 0.138 e. The second-order valence-corrected chi connectivity index (χ2v) is 5.09. The third-order valence-electron chi connectivity index (χ3n) is 3.19. The lowest BCUT2D eigenvalue weighted by Gasteiger charge is -2.27. The molecular formula is C15H24ClNO. The molecule has 0 aliphatic heterocycles. The molecule has 0 saturated heterocycles. The van der Waals surface area contributed by atoms with Crippen molar-refractivity contribution in [3.05, 3.63) is 28.8 Å². The Morgan fingerprint density at radius 2 is 2.06 bits per heavy atom. The van der Waals surface area contributed by atoms with E-state index in [2.05, 4.69) is 19.2 Å². The number of hydrogen-bond donors (Lipinski definition) is 1. The van der Waals surface area contributed by atoms with E-state index in [1.807, 2.05) is 32.2 Å². The number of benzene rings is 1. The van der Waals surface area contributed by atoms with Crippen molar-refractivity contribution < 1.29 is 4.74 Å². The summed E-state index contributed by atoms with van der Waals surface area (Å²) in [6.45, 7) is 6.36. The van der Waals surface area contributed by atoms with Gasteiger partial charge in [0.2, 0.25) is 0 Å². The maximum atomic E-state index is 6.21. The van der Waals surface area contributed by atoms with Gasteiger partial charge in [-0.05, 0) is 44.5 Å². The highest BCUT2D eigenvalue weighted by Crippen LogP contribution is 2.27. The Morgan fingerprint density at radius 3 is 2.56 bits per heavy atom. The molecular weight excluding hydrogens is 246 g/mol. The SMILES string of the molecule is CCCC(NC)C(CC)Oc1ccc(C)cc1Cl. The van der Waals surface area contributed by atoms with Crippen LogP contribution in [0.2, 0.25) is 5.02 Å². The van der Waals surface area contributed by atoms with Gasteiger partial charge in [-0.3, -0.25) is 0 Å². The molecule has 0 aliphatic rings. The van der Waals surface area contributed by atoms with Crippen LogP contribution in [0, 0.1) is 6.92 Å². The molecule has 2 unspecified atom stereocenters. The van der Waals surface area contributed by atoms with E-state index in [0.717, 1.165) is 30.6 Å². The zero-order valence-electron chi connectivity index (χ0n) is 11.8. The summed E-state index contributed by atoms with van der Waals surface area (Å²) >= 11 is 6.21. The second kappa shape index (κ2) is 7.65. The first-order chi connectivity index (χ1) is 8.62. The summed E-state index contributed by atoms with van der Waals surface area (Å²) in [6, 6.07) is 6.30. The molecule has 0 saturated carbocycles. The average Bonchev–Trinajstić information content (AvgIpc) is 2.36. The molecule has 0 aliphatic carbocycles. The Kier molecular flexibility index (Phi) is 6.51. The predicted octanol–water partition coefficient (Wildman–Crippen LogP) is 4.19. The Labute approximate surface area is 116 Å². The van der Waals surface area contributed by atoms with E-state index >= 15 is 0 Å². The zero-order valence-corrected chi connectivity index (χ0v) is 12.6. The Morgan fingerprint density at radius 1 is 1.33 bits per heavy atom. The monoisotopic (exact) mass is 269 g/mol. The van der Waals surface area contributed by atoms with Gasteiger partial charge in [0.25, 0.3) is 0 Å². The van der Waals surface area contributed by atoms with Gasteiger partial charge in [0.05, 0.1) is 5.02 Å². The van der Waals surface area contributed by atoms with Crippen molar-refractivity contribution in [3.63, 3.8) is 0 Å². The van der Waals surface area contributed by atoms with Gasteiger partial charge in [-0.2, -0.15) is 0 Å². The number of hydrogen-bond acceptors (Lipinski definition) is 2. The van der Waals surface area contributed by atoms with Crippen molar-refractivity contribution in [2.24, 2.45) is 0 Å². The molecule has 2 nitrogen and oxygen atoms in total. The largest absolute Gasteiger partial charge is 0.487 e. The fourth-order valence-corrected chi connectivity index (χ4v) is 2.42. The van der Waals surface area contributed by atoms with Crippen molar-refractivity contribution in [3.8, 4) is 5.75 Å². The lowest BCUT2D eigenvalue weighted by Crippen LogP contribution is -2.40. The number of likely N-dealkylation sites (N-methyl/N-ethyl adjacent to an activating group) is 1. The minimum Gasteiger partial charge on any atom is -0.487 e. The van der Waals surface area contributed by atoms with Gasteiger partial charge in [-0.15, -0.1) is 0 Å². The molecule has 1 N–H and O–H groups in total. The fraction of sp³-hybridized carbons (Fsp3) is 0.600. The molecule has 2 atom stereocenters. The van der Waals surface area contributed by atoms with Gasteiger partial charge in [-0.1, -0.05) is 37.9 Å². The standard InChI is InChI=1S/C15H24ClNO/c1-5-7-13(17-4)14(6-2)18-15-9-8-11(3)10-12(15)16/h8-10,13-14,17H,5-7H2,1-4H3. The van der Waals surface area contributed by atoms with Crippen LogP contribution in [0.25, 0.3) is 0 Å². The van der Waals surface area contributed by atoms with Crippen LogP contribution in [0.5, 0.6) is 5.75 Å². The Hall–Kier alpha value is -0.730. The number of rotatable bonds is 7. The molecule has 102 valence electrons. The number of aryl methyl sites for hydroxylation is 1. The lowest BCUT2D eigenvalue weighted by atomic mass is 10.0. The minimum absolute atomic E-state index is 0.162. The van der Waals surface area contributed by atoms with Crippen LogP contribution < -0.4 is 10.1 Å². The third-order valence-corrected chi connectivity index (χ3v) is 3.48. The van der Waals surface area contributed by atoms with Gasteiger partial charge < -0.3 is 10.1 Å². The molecule has 0 heterocycles. The lowest BCUT2D eigenvalue weighted by molar-refractivity contribution is 0.147. The minimum atomic E-state index is 0.162. The summed E-state index contributed by atoms with van der Waals surface area (Å²) < 4.78 is 6.06. The maximum Gasteiger partial charge on any atom is 0.138 e. The molecule has 1 rings (SSSR count). The van der Waals surface area contributed by atoms with Crippen molar-refractivity contribution >= 4 is 11.6 Å². The van der Waals surface area contributed by atoms with Gasteiger partial charge in [-0.25, -0.2) is 0 Å². The third kappa shape index (κ3) is 4.18. The number of ether oxygens (including phenoxy) is 1. The number of halogens is 1. The molecule has 0 fully saturated rings. The van der Waals surface area contributed by atoms with E-state index < -0.39 is 0 Å². The van der Waals surface area contributed by atoms with Crippen molar-refractivity contribution in [1.29, 1.82) is 0 Å². The van der Waals surface area contributed by atoms with Gasteiger partial charge in [0, 0.05) is 6.04 Å². The Bertz CT molecular complexity index is 368. The van der Waals surface area contributed by atoms with E-state index in [9.17, 15) is 0 Å².